The van der Waals surface area contributed by atoms with Crippen molar-refractivity contribution in [1.82, 2.24) is 4.90 Å². The quantitative estimate of drug-likeness (QED) is 0.0446. The van der Waals surface area contributed by atoms with E-state index in [0.29, 0.717) is 90.8 Å². The number of rotatable bonds is 41. The van der Waals surface area contributed by atoms with Gasteiger partial charge in [0, 0.05) is 19.8 Å². The molecule has 66 heavy (non-hydrogen) atoms. The monoisotopic (exact) mass is 936 g/mol. The fourth-order valence-electron chi connectivity index (χ4n) is 9.65. The normalized spacial score (nSPS) is 18.4. The highest BCUT2D eigenvalue weighted by atomic mass is 16.5. The molecular formula is C59H117NO6. The fraction of sp³-hybridized carbons (Fsp3) is 0.966. The smallest absolute Gasteiger partial charge is 0.308 e. The molecule has 0 aromatic carbocycles. The molecule has 0 saturated heterocycles. The van der Waals surface area contributed by atoms with Gasteiger partial charge in [-0.1, -0.05) is 137 Å². The Morgan fingerprint density at radius 2 is 0.803 bits per heavy atom. The van der Waals surface area contributed by atoms with Crippen LogP contribution in [0.25, 0.3) is 0 Å². The minimum Gasteiger partial charge on any atom is -0.465 e. The number of nitrogens with zero attached hydrogens (tertiary/aromatic N) is 1. The van der Waals surface area contributed by atoms with Crippen molar-refractivity contribution >= 4 is 11.9 Å². The van der Waals surface area contributed by atoms with E-state index in [4.69, 9.17) is 18.9 Å². The number of ether oxygens (including phenoxy) is 4. The molecule has 13 atom stereocenters. The van der Waals surface area contributed by atoms with Crippen molar-refractivity contribution in [1.29, 1.82) is 0 Å². The van der Waals surface area contributed by atoms with E-state index in [1.54, 1.807) is 0 Å². The van der Waals surface area contributed by atoms with Crippen molar-refractivity contribution in [3.05, 3.63) is 0 Å². The van der Waals surface area contributed by atoms with E-state index in [1.807, 2.05) is 0 Å². The van der Waals surface area contributed by atoms with Crippen LogP contribution in [0, 0.1) is 94.7 Å². The first-order chi connectivity index (χ1) is 30.9. The summed E-state index contributed by atoms with van der Waals surface area (Å²) in [5.41, 5.74) is 0. The van der Waals surface area contributed by atoms with Crippen molar-refractivity contribution in [3.8, 4) is 0 Å². The van der Waals surface area contributed by atoms with Gasteiger partial charge in [0.15, 0.2) is 0 Å². The number of carbonyl (C=O) groups is 2. The molecule has 7 nitrogen and oxygen atoms in total. The van der Waals surface area contributed by atoms with Gasteiger partial charge in [-0.3, -0.25) is 9.59 Å². The van der Waals surface area contributed by atoms with E-state index in [9.17, 15) is 9.59 Å². The number of hydrogen-bond acceptors (Lipinski definition) is 7. The van der Waals surface area contributed by atoms with Crippen LogP contribution < -0.4 is 0 Å². The van der Waals surface area contributed by atoms with Crippen molar-refractivity contribution in [2.24, 2.45) is 94.7 Å². The van der Waals surface area contributed by atoms with Gasteiger partial charge < -0.3 is 23.8 Å². The summed E-state index contributed by atoms with van der Waals surface area (Å²) in [5.74, 6) is 7.91. The zero-order valence-corrected chi connectivity index (χ0v) is 47.9. The molecule has 0 rings (SSSR count). The van der Waals surface area contributed by atoms with E-state index in [-0.39, 0.29) is 29.9 Å². The third-order valence-electron chi connectivity index (χ3n) is 16.4. The van der Waals surface area contributed by atoms with Crippen LogP contribution in [0.4, 0.5) is 0 Å². The van der Waals surface area contributed by atoms with E-state index in [1.165, 1.54) is 25.7 Å². The fourth-order valence-corrected chi connectivity index (χ4v) is 9.65. The first-order valence-electron chi connectivity index (χ1n) is 28.0. The predicted molar refractivity (Wildman–Crippen MR) is 284 cm³/mol. The highest BCUT2D eigenvalue weighted by molar-refractivity contribution is 5.72. The van der Waals surface area contributed by atoms with Gasteiger partial charge in [0.2, 0.25) is 0 Å². The maximum Gasteiger partial charge on any atom is 0.308 e. The molecule has 0 saturated carbocycles. The van der Waals surface area contributed by atoms with Crippen LogP contribution >= 0.6 is 0 Å². The molecule has 0 aromatic rings. The molecule has 0 bridgehead atoms. The van der Waals surface area contributed by atoms with Crippen molar-refractivity contribution in [3.63, 3.8) is 0 Å². The number of carbonyl (C=O) groups excluding carboxylic acids is 2. The summed E-state index contributed by atoms with van der Waals surface area (Å²) in [6.07, 6.45) is 15.4. The van der Waals surface area contributed by atoms with Gasteiger partial charge in [0.25, 0.3) is 0 Å². The summed E-state index contributed by atoms with van der Waals surface area (Å²) in [6.45, 7) is 45.5. The molecule has 0 spiro atoms. The van der Waals surface area contributed by atoms with Crippen LogP contribution in [-0.2, 0) is 28.5 Å². The van der Waals surface area contributed by atoms with E-state index in [2.05, 4.69) is 144 Å². The molecule has 0 N–H and O–H groups in total. The Kier molecular flexibility index (Phi) is 36.1. The second-order valence-corrected chi connectivity index (χ2v) is 24.4. The largest absolute Gasteiger partial charge is 0.465 e. The second-order valence-electron chi connectivity index (χ2n) is 24.4. The van der Waals surface area contributed by atoms with Gasteiger partial charge in [0.1, 0.15) is 0 Å². The second kappa shape index (κ2) is 36.7. The summed E-state index contributed by atoms with van der Waals surface area (Å²) in [6, 6.07) is 0. The zero-order chi connectivity index (χ0) is 50.5. The van der Waals surface area contributed by atoms with Crippen LogP contribution in [0.2, 0.25) is 0 Å². The summed E-state index contributed by atoms with van der Waals surface area (Å²) in [7, 11) is 4.31. The van der Waals surface area contributed by atoms with Crippen LogP contribution in [0.15, 0.2) is 0 Å². The highest BCUT2D eigenvalue weighted by Gasteiger charge is 2.28. The minimum absolute atomic E-state index is 0.0241. The Labute approximate surface area is 412 Å². The van der Waals surface area contributed by atoms with E-state index in [0.717, 1.165) is 95.8 Å². The van der Waals surface area contributed by atoms with Gasteiger partial charge in [0.05, 0.1) is 37.8 Å². The topological polar surface area (TPSA) is 74.3 Å². The summed E-state index contributed by atoms with van der Waals surface area (Å²) >= 11 is 0. The Bertz CT molecular complexity index is 1110. The standard InChI is InChI=1S/C59H117NO6/c1-41(2)27-29-55(43(5)6)36-50(14)53(17)58(61)65-33-22-25-46(10)45(9)24-21-32-64-57(38-49(13)52(16)39-60(19)20)40-63-35-31-48(12)47(11)26-23-34-66-59(62)54(18)51(15)37-56(44(7)8)30-28-42(3)4/h41-57H,21-40H2,1-20H3. The average molecular weight is 937 g/mol. The lowest BCUT2D eigenvalue weighted by Gasteiger charge is -2.28. The van der Waals surface area contributed by atoms with Gasteiger partial charge in [-0.25, -0.2) is 0 Å². The van der Waals surface area contributed by atoms with Crippen LogP contribution in [0.5, 0.6) is 0 Å². The molecule has 0 aliphatic carbocycles. The molecule has 0 radical (unpaired) electrons. The third-order valence-corrected chi connectivity index (χ3v) is 16.4. The average Bonchev–Trinajstić information content (AvgIpc) is 3.24. The molecule has 13 unspecified atom stereocenters. The zero-order valence-electron chi connectivity index (χ0n) is 47.9. The van der Waals surface area contributed by atoms with Crippen molar-refractivity contribution in [2.45, 2.75) is 221 Å². The Balaban J connectivity index is 4.80. The SMILES string of the molecule is CC(C)CCC(CC(C)C(C)C(=O)OCCCC(C)C(C)CCCOC(COCCC(C)C(C)CCCOC(=O)C(C)C(C)CC(CCC(C)C)C(C)C)CC(C)C(C)CN(C)C)C(C)C. The predicted octanol–water partition coefficient (Wildman–Crippen LogP) is 15.7. The first kappa shape index (κ1) is 64.8. The first-order valence-corrected chi connectivity index (χ1v) is 28.0. The molecule has 0 aliphatic rings. The molecule has 0 heterocycles. The molecule has 394 valence electrons. The maximum atomic E-state index is 13.0. The van der Waals surface area contributed by atoms with Crippen LogP contribution in [-0.4, -0.2) is 76.6 Å². The summed E-state index contributed by atoms with van der Waals surface area (Å²) in [5, 5.41) is 0. The Morgan fingerprint density at radius 1 is 0.409 bits per heavy atom. The summed E-state index contributed by atoms with van der Waals surface area (Å²) < 4.78 is 24.6. The van der Waals surface area contributed by atoms with Gasteiger partial charge in [-0.2, -0.15) is 0 Å². The number of hydrogen-bond donors (Lipinski definition) is 0. The van der Waals surface area contributed by atoms with Gasteiger partial charge in [-0.05, 0) is 174 Å². The van der Waals surface area contributed by atoms with Crippen LogP contribution in [0.3, 0.4) is 0 Å². The third kappa shape index (κ3) is 30.4. The van der Waals surface area contributed by atoms with Crippen LogP contribution in [0.1, 0.15) is 215 Å². The molecule has 0 fully saturated rings. The van der Waals surface area contributed by atoms with Crippen molar-refractivity contribution < 1.29 is 28.5 Å². The Hall–Kier alpha value is -1.18. The molecule has 7 heteroatoms. The van der Waals surface area contributed by atoms with Crippen molar-refractivity contribution in [2.75, 3.05) is 53.7 Å². The molecule has 0 amide bonds. The minimum atomic E-state index is -0.0607. The lowest BCUT2D eigenvalue weighted by molar-refractivity contribution is -0.151. The van der Waals surface area contributed by atoms with E-state index >= 15 is 0 Å². The molecular weight excluding hydrogens is 819 g/mol. The lowest BCUT2D eigenvalue weighted by atomic mass is 9.79. The summed E-state index contributed by atoms with van der Waals surface area (Å²) in [4.78, 5) is 28.3. The van der Waals surface area contributed by atoms with Gasteiger partial charge in [-0.15, -0.1) is 0 Å². The molecule has 0 aromatic heterocycles. The van der Waals surface area contributed by atoms with Gasteiger partial charge >= 0.3 is 11.9 Å². The number of esters is 2. The van der Waals surface area contributed by atoms with E-state index < -0.39 is 0 Å². The Morgan fingerprint density at radius 3 is 1.18 bits per heavy atom. The maximum absolute atomic E-state index is 13.0. The lowest BCUT2D eigenvalue weighted by Crippen LogP contribution is -2.30. The molecule has 0 aliphatic heterocycles. The highest BCUT2D eigenvalue weighted by Crippen LogP contribution is 2.32.